The van der Waals surface area contributed by atoms with Gasteiger partial charge in [0.2, 0.25) is 0 Å². The Morgan fingerprint density at radius 2 is 1.77 bits per heavy atom. The number of halogens is 1. The first-order valence-corrected chi connectivity index (χ1v) is 11.0. The van der Waals surface area contributed by atoms with Gasteiger partial charge in [0.1, 0.15) is 23.2 Å². The van der Waals surface area contributed by atoms with Crippen LogP contribution in [0.5, 0.6) is 0 Å². The molecule has 1 aromatic carbocycles. The Morgan fingerprint density at radius 1 is 1.10 bits per heavy atom. The molecule has 31 heavy (non-hydrogen) atoms. The van der Waals surface area contributed by atoms with Gasteiger partial charge in [0.25, 0.3) is 11.5 Å². The van der Waals surface area contributed by atoms with Gasteiger partial charge < -0.3 is 14.8 Å². The molecular formula is C22H22FN5O2S. The second kappa shape index (κ2) is 7.56. The van der Waals surface area contributed by atoms with Gasteiger partial charge in [-0.3, -0.25) is 9.59 Å². The van der Waals surface area contributed by atoms with Gasteiger partial charge in [0.15, 0.2) is 0 Å². The number of hydrogen-bond donors (Lipinski definition) is 1. The minimum absolute atomic E-state index is 0.0743. The van der Waals surface area contributed by atoms with Crippen molar-refractivity contribution in [2.24, 2.45) is 11.8 Å². The molecule has 1 amide bonds. The van der Waals surface area contributed by atoms with Crippen LogP contribution in [-0.2, 0) is 0 Å². The normalized spacial score (nSPS) is 20.4. The summed E-state index contributed by atoms with van der Waals surface area (Å²) in [4.78, 5) is 41.5. The third kappa shape index (κ3) is 3.74. The fourth-order valence-corrected chi connectivity index (χ4v) is 5.51. The van der Waals surface area contributed by atoms with E-state index in [0.717, 1.165) is 28.5 Å². The fraction of sp³-hybridized carbons (Fsp3) is 0.364. The first-order chi connectivity index (χ1) is 14.9. The molecular weight excluding hydrogens is 417 g/mol. The van der Waals surface area contributed by atoms with Gasteiger partial charge in [0.05, 0.1) is 9.88 Å². The Kier molecular flexibility index (Phi) is 4.85. The van der Waals surface area contributed by atoms with Crippen LogP contribution in [-0.4, -0.2) is 51.9 Å². The largest absolute Gasteiger partial charge is 0.356 e. The number of aromatic nitrogens is 3. The number of likely N-dealkylation sites (tertiary alicyclic amines) is 1. The number of fused-ring (bicyclic) bond motifs is 1. The van der Waals surface area contributed by atoms with Crippen LogP contribution in [0.3, 0.4) is 0 Å². The van der Waals surface area contributed by atoms with E-state index in [1.165, 1.54) is 29.5 Å². The summed E-state index contributed by atoms with van der Waals surface area (Å²) in [6, 6.07) is 7.71. The first-order valence-electron chi connectivity index (χ1n) is 10.2. The molecule has 5 rings (SSSR count). The third-order valence-corrected chi connectivity index (χ3v) is 7.01. The molecule has 0 radical (unpaired) electrons. The highest BCUT2D eigenvalue weighted by molar-refractivity contribution is 7.15. The molecule has 3 aromatic rings. The standard InChI is InChI=1S/C22H22FN5O2S/c1-12-24-18(7-19(29)25-12)27-8-15-10-28(11-16(15)9-27)22(30)20-21(31-13(2)26-20)14-3-5-17(23)6-4-14/h3-7,15-16H,8-11H2,1-2H3,(H,24,25,29). The molecule has 2 aliphatic rings. The van der Waals surface area contributed by atoms with Gasteiger partial charge in [-0.1, -0.05) is 12.1 Å². The monoisotopic (exact) mass is 439 g/mol. The highest BCUT2D eigenvalue weighted by Crippen LogP contribution is 2.36. The van der Waals surface area contributed by atoms with Crippen LogP contribution in [0.4, 0.5) is 10.2 Å². The number of rotatable bonds is 3. The molecule has 0 spiro atoms. The van der Waals surface area contributed by atoms with E-state index in [9.17, 15) is 14.0 Å². The Morgan fingerprint density at radius 3 is 2.42 bits per heavy atom. The summed E-state index contributed by atoms with van der Waals surface area (Å²) in [6.07, 6.45) is 0. The molecule has 2 atom stereocenters. The van der Waals surface area contributed by atoms with Crippen molar-refractivity contribution >= 4 is 23.1 Å². The van der Waals surface area contributed by atoms with E-state index in [-0.39, 0.29) is 17.3 Å². The zero-order valence-corrected chi connectivity index (χ0v) is 18.1. The number of benzene rings is 1. The number of carbonyl (C=O) groups is 1. The van der Waals surface area contributed by atoms with Gasteiger partial charge in [-0.05, 0) is 31.5 Å². The number of amides is 1. The second-order valence-electron chi connectivity index (χ2n) is 8.24. The molecule has 9 heteroatoms. The fourth-order valence-electron chi connectivity index (χ4n) is 4.59. The van der Waals surface area contributed by atoms with Gasteiger partial charge >= 0.3 is 0 Å². The van der Waals surface area contributed by atoms with E-state index in [1.807, 2.05) is 11.8 Å². The molecule has 1 N–H and O–H groups in total. The lowest BCUT2D eigenvalue weighted by Crippen LogP contribution is -2.34. The number of thiazole rings is 1. The topological polar surface area (TPSA) is 82.2 Å². The summed E-state index contributed by atoms with van der Waals surface area (Å²) >= 11 is 1.45. The van der Waals surface area contributed by atoms with Gasteiger partial charge in [-0.15, -0.1) is 11.3 Å². The van der Waals surface area contributed by atoms with Crippen LogP contribution >= 0.6 is 11.3 Å². The maximum Gasteiger partial charge on any atom is 0.274 e. The van der Waals surface area contributed by atoms with E-state index in [4.69, 9.17) is 0 Å². The lowest BCUT2D eigenvalue weighted by Gasteiger charge is -2.22. The zero-order valence-electron chi connectivity index (χ0n) is 17.3. The lowest BCUT2D eigenvalue weighted by molar-refractivity contribution is 0.0778. The van der Waals surface area contributed by atoms with E-state index >= 15 is 0 Å². The summed E-state index contributed by atoms with van der Waals surface area (Å²) < 4.78 is 13.3. The van der Waals surface area contributed by atoms with E-state index < -0.39 is 0 Å². The van der Waals surface area contributed by atoms with Gasteiger partial charge in [-0.25, -0.2) is 14.4 Å². The molecule has 2 aliphatic heterocycles. The molecule has 0 aliphatic carbocycles. The Labute approximate surface area is 182 Å². The number of nitrogens with one attached hydrogen (secondary N) is 1. The minimum atomic E-state index is -0.306. The van der Waals surface area contributed by atoms with Gasteiger partial charge in [-0.2, -0.15) is 0 Å². The lowest BCUT2D eigenvalue weighted by atomic mass is 10.0. The van der Waals surface area contributed by atoms with E-state index in [0.29, 0.717) is 42.3 Å². The van der Waals surface area contributed by atoms with Crippen LogP contribution in [0.25, 0.3) is 10.4 Å². The molecule has 2 fully saturated rings. The summed E-state index contributed by atoms with van der Waals surface area (Å²) in [5, 5.41) is 0.809. The Balaban J connectivity index is 1.33. The Bertz CT molecular complexity index is 1190. The van der Waals surface area contributed by atoms with Crippen molar-refractivity contribution in [3.05, 3.63) is 63.0 Å². The SMILES string of the molecule is Cc1nc(N2CC3CN(C(=O)c4nc(C)sc4-c4ccc(F)cc4)CC3C2)cc(=O)[nH]1. The predicted octanol–water partition coefficient (Wildman–Crippen LogP) is 2.86. The average Bonchev–Trinajstić information content (AvgIpc) is 3.40. The number of hydrogen-bond acceptors (Lipinski definition) is 6. The second-order valence-corrected chi connectivity index (χ2v) is 9.44. The predicted molar refractivity (Wildman–Crippen MR) is 117 cm³/mol. The molecule has 4 heterocycles. The van der Waals surface area contributed by atoms with Crippen molar-refractivity contribution in [3.63, 3.8) is 0 Å². The summed E-state index contributed by atoms with van der Waals surface area (Å²) in [7, 11) is 0. The van der Waals surface area contributed by atoms with Crippen LogP contribution in [0, 0.1) is 31.5 Å². The number of aromatic amines is 1. The minimum Gasteiger partial charge on any atom is -0.356 e. The van der Waals surface area contributed by atoms with Crippen molar-refractivity contribution < 1.29 is 9.18 Å². The Hall–Kier alpha value is -3.07. The molecule has 0 bridgehead atoms. The number of aryl methyl sites for hydroxylation is 2. The molecule has 0 saturated carbocycles. The highest BCUT2D eigenvalue weighted by Gasteiger charge is 2.43. The van der Waals surface area contributed by atoms with Crippen LogP contribution < -0.4 is 10.5 Å². The van der Waals surface area contributed by atoms with Crippen molar-refractivity contribution in [1.29, 1.82) is 0 Å². The summed E-state index contributed by atoms with van der Waals surface area (Å²) in [5.74, 6) is 1.58. The summed E-state index contributed by atoms with van der Waals surface area (Å²) in [5.41, 5.74) is 1.10. The zero-order chi connectivity index (χ0) is 21.7. The maximum atomic E-state index is 13.3. The van der Waals surface area contributed by atoms with Crippen molar-refractivity contribution in [1.82, 2.24) is 19.9 Å². The highest BCUT2D eigenvalue weighted by atomic mass is 32.1. The van der Waals surface area contributed by atoms with Crippen molar-refractivity contribution in [2.45, 2.75) is 13.8 Å². The first kappa shape index (κ1) is 19.9. The molecule has 2 aromatic heterocycles. The smallest absolute Gasteiger partial charge is 0.274 e. The van der Waals surface area contributed by atoms with Crippen LogP contribution in [0.15, 0.2) is 35.1 Å². The number of nitrogens with zero attached hydrogens (tertiary/aromatic N) is 4. The maximum absolute atomic E-state index is 13.3. The summed E-state index contributed by atoms with van der Waals surface area (Å²) in [6.45, 7) is 6.50. The van der Waals surface area contributed by atoms with Crippen molar-refractivity contribution in [2.75, 3.05) is 31.1 Å². The van der Waals surface area contributed by atoms with Crippen LogP contribution in [0.1, 0.15) is 21.3 Å². The van der Waals surface area contributed by atoms with E-state index in [2.05, 4.69) is 19.9 Å². The molecule has 2 saturated heterocycles. The van der Waals surface area contributed by atoms with Gasteiger partial charge in [0, 0.05) is 44.1 Å². The quantitative estimate of drug-likeness (QED) is 0.679. The number of anilines is 1. The average molecular weight is 440 g/mol. The number of H-pyrrole nitrogens is 1. The van der Waals surface area contributed by atoms with E-state index in [1.54, 1.807) is 19.1 Å². The van der Waals surface area contributed by atoms with Crippen LogP contribution in [0.2, 0.25) is 0 Å². The molecule has 2 unspecified atom stereocenters. The third-order valence-electron chi connectivity index (χ3n) is 5.99. The van der Waals surface area contributed by atoms with Crippen molar-refractivity contribution in [3.8, 4) is 10.4 Å². The number of carbonyl (C=O) groups excluding carboxylic acids is 1. The molecule has 160 valence electrons. The molecule has 7 nitrogen and oxygen atoms in total.